The van der Waals surface area contributed by atoms with Gasteiger partial charge in [-0.25, -0.2) is 4.98 Å². The van der Waals surface area contributed by atoms with Gasteiger partial charge in [-0.2, -0.15) is 0 Å². The van der Waals surface area contributed by atoms with Gasteiger partial charge in [0.25, 0.3) is 0 Å². The van der Waals surface area contributed by atoms with Crippen LogP contribution in [0.4, 0.5) is 5.82 Å². The number of imidazole rings is 1. The van der Waals surface area contributed by atoms with Gasteiger partial charge < -0.3 is 14.6 Å². The highest BCUT2D eigenvalue weighted by Gasteiger charge is 2.13. The predicted molar refractivity (Wildman–Crippen MR) is 70.8 cm³/mol. The zero-order chi connectivity index (χ0) is 12.4. The van der Waals surface area contributed by atoms with Crippen molar-refractivity contribution in [2.75, 3.05) is 11.9 Å². The third kappa shape index (κ3) is 2.06. The van der Waals surface area contributed by atoms with Crippen LogP contribution < -0.4 is 10.1 Å². The molecule has 4 nitrogen and oxygen atoms in total. The van der Waals surface area contributed by atoms with Crippen molar-refractivity contribution in [3.8, 4) is 5.75 Å². The highest BCUT2D eigenvalue weighted by atomic mass is 16.5. The van der Waals surface area contributed by atoms with E-state index < -0.39 is 0 Å². The van der Waals surface area contributed by atoms with Gasteiger partial charge in [0.15, 0.2) is 0 Å². The van der Waals surface area contributed by atoms with E-state index in [9.17, 15) is 0 Å². The number of fused-ring (bicyclic) bond motifs is 1. The Morgan fingerprint density at radius 3 is 3.17 bits per heavy atom. The maximum Gasteiger partial charge on any atom is 0.148 e. The molecule has 1 aliphatic rings. The van der Waals surface area contributed by atoms with Crippen molar-refractivity contribution in [3.05, 3.63) is 41.9 Å². The number of rotatable bonds is 3. The molecule has 0 radical (unpaired) electrons. The molecule has 0 atom stereocenters. The van der Waals surface area contributed by atoms with Crippen LogP contribution in [0.3, 0.4) is 0 Å². The minimum absolute atomic E-state index is 0.520. The van der Waals surface area contributed by atoms with Crippen molar-refractivity contribution < 1.29 is 4.74 Å². The average molecular weight is 243 g/mol. The summed E-state index contributed by atoms with van der Waals surface area (Å²) in [4.78, 5) is 4.42. The molecule has 0 aliphatic carbocycles. The van der Waals surface area contributed by atoms with Gasteiger partial charge in [-0.15, -0.1) is 0 Å². The van der Waals surface area contributed by atoms with Crippen molar-refractivity contribution in [1.82, 2.24) is 9.55 Å². The average Bonchev–Trinajstić information content (AvgIpc) is 2.81. The Kier molecular flexibility index (Phi) is 2.92. The molecule has 0 fully saturated rings. The Morgan fingerprint density at radius 2 is 2.28 bits per heavy atom. The van der Waals surface area contributed by atoms with E-state index in [0.717, 1.165) is 42.5 Å². The van der Waals surface area contributed by atoms with Gasteiger partial charge in [-0.1, -0.05) is 18.2 Å². The zero-order valence-corrected chi connectivity index (χ0v) is 10.5. The minimum atomic E-state index is 0.520. The van der Waals surface area contributed by atoms with Gasteiger partial charge in [-0.3, -0.25) is 0 Å². The maximum atomic E-state index is 5.84. The summed E-state index contributed by atoms with van der Waals surface area (Å²) in [5.74, 6) is 3.02. The molecule has 0 saturated heterocycles. The van der Waals surface area contributed by atoms with Crippen molar-refractivity contribution in [1.29, 1.82) is 0 Å². The molecular formula is C14H17N3O. The molecule has 0 saturated carbocycles. The number of ether oxygens (including phenoxy) is 1. The lowest BCUT2D eigenvalue weighted by atomic mass is 10.2. The number of aryl methyl sites for hydroxylation is 1. The number of aromatic nitrogens is 2. The van der Waals surface area contributed by atoms with Crippen molar-refractivity contribution in [2.24, 2.45) is 0 Å². The van der Waals surface area contributed by atoms with Gasteiger partial charge in [-0.05, 0) is 25.0 Å². The SMILES string of the molecule is Cc1ccccc1OCc1ncc2n1CCCN2. The first-order valence-electron chi connectivity index (χ1n) is 6.31. The van der Waals surface area contributed by atoms with Crippen LogP contribution in [0.5, 0.6) is 5.75 Å². The van der Waals surface area contributed by atoms with Gasteiger partial charge in [0.05, 0.1) is 6.20 Å². The van der Waals surface area contributed by atoms with E-state index in [-0.39, 0.29) is 0 Å². The van der Waals surface area contributed by atoms with E-state index >= 15 is 0 Å². The molecule has 2 heterocycles. The molecule has 1 aromatic carbocycles. The minimum Gasteiger partial charge on any atom is -0.485 e. The summed E-state index contributed by atoms with van der Waals surface area (Å²) >= 11 is 0. The molecule has 94 valence electrons. The van der Waals surface area contributed by atoms with Gasteiger partial charge in [0.2, 0.25) is 0 Å². The van der Waals surface area contributed by atoms with Crippen LogP contribution in [-0.4, -0.2) is 16.1 Å². The lowest BCUT2D eigenvalue weighted by Gasteiger charge is -2.18. The van der Waals surface area contributed by atoms with E-state index in [1.807, 2.05) is 24.4 Å². The highest BCUT2D eigenvalue weighted by molar-refractivity contribution is 5.37. The van der Waals surface area contributed by atoms with Crippen molar-refractivity contribution in [2.45, 2.75) is 26.5 Å². The molecule has 0 amide bonds. The van der Waals surface area contributed by atoms with E-state index in [1.165, 1.54) is 0 Å². The second-order valence-electron chi connectivity index (χ2n) is 4.55. The smallest absolute Gasteiger partial charge is 0.148 e. The zero-order valence-electron chi connectivity index (χ0n) is 10.5. The molecule has 0 unspecified atom stereocenters. The molecule has 1 aliphatic heterocycles. The highest BCUT2D eigenvalue weighted by Crippen LogP contribution is 2.20. The molecule has 1 aromatic heterocycles. The maximum absolute atomic E-state index is 5.84. The quantitative estimate of drug-likeness (QED) is 0.900. The Morgan fingerprint density at radius 1 is 1.39 bits per heavy atom. The Labute approximate surface area is 107 Å². The molecule has 0 spiro atoms. The van der Waals surface area contributed by atoms with Crippen LogP contribution >= 0.6 is 0 Å². The fraction of sp³-hybridized carbons (Fsp3) is 0.357. The van der Waals surface area contributed by atoms with Gasteiger partial charge >= 0.3 is 0 Å². The largest absolute Gasteiger partial charge is 0.485 e. The van der Waals surface area contributed by atoms with E-state index in [1.54, 1.807) is 0 Å². The third-order valence-corrected chi connectivity index (χ3v) is 3.25. The lowest BCUT2D eigenvalue weighted by Crippen LogP contribution is -2.19. The van der Waals surface area contributed by atoms with E-state index in [0.29, 0.717) is 6.61 Å². The van der Waals surface area contributed by atoms with Crippen LogP contribution in [0.2, 0.25) is 0 Å². The van der Waals surface area contributed by atoms with Crippen molar-refractivity contribution in [3.63, 3.8) is 0 Å². The summed E-state index contributed by atoms with van der Waals surface area (Å²) in [6.07, 6.45) is 3.02. The first-order chi connectivity index (χ1) is 8.84. The fourth-order valence-corrected chi connectivity index (χ4v) is 2.23. The van der Waals surface area contributed by atoms with Gasteiger partial charge in [0.1, 0.15) is 24.0 Å². The van der Waals surface area contributed by atoms with Crippen LogP contribution in [0.15, 0.2) is 30.5 Å². The summed E-state index contributed by atoms with van der Waals surface area (Å²) in [5.41, 5.74) is 1.15. The second kappa shape index (κ2) is 4.72. The number of hydrogen-bond donors (Lipinski definition) is 1. The third-order valence-electron chi connectivity index (χ3n) is 3.25. The van der Waals surface area contributed by atoms with E-state index in [4.69, 9.17) is 4.74 Å². The lowest BCUT2D eigenvalue weighted by molar-refractivity contribution is 0.287. The van der Waals surface area contributed by atoms with Crippen molar-refractivity contribution >= 4 is 5.82 Å². The summed E-state index contributed by atoms with van der Waals surface area (Å²) in [5, 5.41) is 3.34. The molecule has 0 bridgehead atoms. The molecule has 4 heteroatoms. The van der Waals surface area contributed by atoms with E-state index in [2.05, 4.69) is 27.9 Å². The number of nitrogens with zero attached hydrogens (tertiary/aromatic N) is 2. The van der Waals surface area contributed by atoms with Crippen LogP contribution in [0, 0.1) is 6.92 Å². The number of benzene rings is 1. The molecule has 18 heavy (non-hydrogen) atoms. The first kappa shape index (κ1) is 11.1. The number of nitrogens with one attached hydrogen (secondary N) is 1. The standard InChI is InChI=1S/C14H17N3O/c1-11-5-2-3-6-12(11)18-10-14-16-9-13-15-7-4-8-17(13)14/h2-3,5-6,9,15H,4,7-8,10H2,1H3. The monoisotopic (exact) mass is 243 g/mol. The summed E-state index contributed by atoms with van der Waals surface area (Å²) in [7, 11) is 0. The number of hydrogen-bond acceptors (Lipinski definition) is 3. The summed E-state index contributed by atoms with van der Waals surface area (Å²) in [6.45, 7) is 4.63. The van der Waals surface area contributed by atoms with Gasteiger partial charge in [0, 0.05) is 13.1 Å². The van der Waals surface area contributed by atoms with Crippen LogP contribution in [0.1, 0.15) is 17.8 Å². The Bertz CT molecular complexity index is 548. The molecular weight excluding hydrogens is 226 g/mol. The summed E-state index contributed by atoms with van der Waals surface area (Å²) in [6, 6.07) is 8.06. The normalized spacial score (nSPS) is 13.8. The molecule has 2 aromatic rings. The topological polar surface area (TPSA) is 39.1 Å². The predicted octanol–water partition coefficient (Wildman–Crippen LogP) is 2.59. The first-order valence-corrected chi connectivity index (χ1v) is 6.31. The number of para-hydroxylation sites is 1. The summed E-state index contributed by atoms with van der Waals surface area (Å²) < 4.78 is 8.03. The molecule has 3 rings (SSSR count). The Balaban J connectivity index is 1.74. The fourth-order valence-electron chi connectivity index (χ4n) is 2.23. The Hall–Kier alpha value is -1.97. The van der Waals surface area contributed by atoms with Crippen LogP contribution in [-0.2, 0) is 13.2 Å². The van der Waals surface area contributed by atoms with Crippen LogP contribution in [0.25, 0.3) is 0 Å². The number of anilines is 1. The second-order valence-corrected chi connectivity index (χ2v) is 4.55. The molecule has 1 N–H and O–H groups in total.